The van der Waals surface area contributed by atoms with Crippen LogP contribution in [0, 0.1) is 0 Å². The SMILES string of the molecule is CC(C)(C)c1ccc(OCC(=O)OCC(=O)N(c2ccccc2)[C@@H]2C=CS(=O)(=O)C2)cc1. The zero-order chi connectivity index (χ0) is 23.4. The Morgan fingerprint density at radius 3 is 2.22 bits per heavy atom. The van der Waals surface area contributed by atoms with Gasteiger partial charge in [-0.15, -0.1) is 0 Å². The Labute approximate surface area is 188 Å². The van der Waals surface area contributed by atoms with Gasteiger partial charge in [0.15, 0.2) is 23.1 Å². The van der Waals surface area contributed by atoms with Crippen molar-refractivity contribution in [2.45, 2.75) is 32.2 Å². The first-order valence-electron chi connectivity index (χ1n) is 10.2. The van der Waals surface area contributed by atoms with Crippen molar-refractivity contribution in [3.63, 3.8) is 0 Å². The molecule has 1 aliphatic heterocycles. The van der Waals surface area contributed by atoms with Crippen molar-refractivity contribution in [3.8, 4) is 5.75 Å². The maximum Gasteiger partial charge on any atom is 0.344 e. The fourth-order valence-electron chi connectivity index (χ4n) is 3.28. The predicted octanol–water partition coefficient (Wildman–Crippen LogP) is 3.25. The van der Waals surface area contributed by atoms with Crippen molar-refractivity contribution in [2.24, 2.45) is 0 Å². The summed E-state index contributed by atoms with van der Waals surface area (Å²) in [6.07, 6.45) is 1.46. The van der Waals surface area contributed by atoms with Gasteiger partial charge in [0.2, 0.25) is 0 Å². The molecule has 0 aromatic heterocycles. The molecule has 8 heteroatoms. The highest BCUT2D eigenvalue weighted by Gasteiger charge is 2.31. The molecule has 1 atom stereocenters. The Balaban J connectivity index is 1.57. The van der Waals surface area contributed by atoms with E-state index in [2.05, 4.69) is 20.8 Å². The fourth-order valence-corrected chi connectivity index (χ4v) is 4.54. The number of para-hydroxylation sites is 1. The number of ether oxygens (including phenoxy) is 2. The van der Waals surface area contributed by atoms with E-state index in [4.69, 9.17) is 9.47 Å². The summed E-state index contributed by atoms with van der Waals surface area (Å²) in [7, 11) is -3.37. The number of anilines is 1. The summed E-state index contributed by atoms with van der Waals surface area (Å²) in [6.45, 7) is 5.45. The van der Waals surface area contributed by atoms with Gasteiger partial charge in [-0.1, -0.05) is 51.1 Å². The molecular formula is C24H27NO6S. The molecule has 0 saturated heterocycles. The highest BCUT2D eigenvalue weighted by atomic mass is 32.2. The summed E-state index contributed by atoms with van der Waals surface area (Å²) >= 11 is 0. The lowest BCUT2D eigenvalue weighted by molar-refractivity contribution is -0.149. The number of hydrogen-bond acceptors (Lipinski definition) is 6. The second-order valence-corrected chi connectivity index (χ2v) is 10.5. The molecule has 170 valence electrons. The van der Waals surface area contributed by atoms with Crippen LogP contribution in [-0.4, -0.2) is 45.3 Å². The van der Waals surface area contributed by atoms with E-state index in [1.54, 1.807) is 42.5 Å². The van der Waals surface area contributed by atoms with E-state index in [0.29, 0.717) is 11.4 Å². The van der Waals surface area contributed by atoms with E-state index in [-0.39, 0.29) is 17.8 Å². The third-order valence-corrected chi connectivity index (χ3v) is 6.36. The predicted molar refractivity (Wildman–Crippen MR) is 122 cm³/mol. The summed E-state index contributed by atoms with van der Waals surface area (Å²) in [5.41, 5.74) is 1.67. The summed E-state index contributed by atoms with van der Waals surface area (Å²) in [4.78, 5) is 26.3. The number of esters is 1. The van der Waals surface area contributed by atoms with E-state index < -0.39 is 34.4 Å². The van der Waals surface area contributed by atoms with Gasteiger partial charge in [0.25, 0.3) is 5.91 Å². The van der Waals surface area contributed by atoms with E-state index in [1.165, 1.54) is 11.0 Å². The lowest BCUT2D eigenvalue weighted by atomic mass is 9.87. The molecule has 0 unspecified atom stereocenters. The van der Waals surface area contributed by atoms with E-state index >= 15 is 0 Å². The first-order chi connectivity index (χ1) is 15.0. The molecule has 0 spiro atoms. The van der Waals surface area contributed by atoms with Crippen LogP contribution in [-0.2, 0) is 29.6 Å². The maximum atomic E-state index is 12.8. The summed E-state index contributed by atoms with van der Waals surface area (Å²) in [6, 6.07) is 15.4. The number of amides is 1. The molecule has 0 radical (unpaired) electrons. The maximum absolute atomic E-state index is 12.8. The van der Waals surface area contributed by atoms with Crippen LogP contribution in [0.5, 0.6) is 5.75 Å². The number of nitrogens with zero attached hydrogens (tertiary/aromatic N) is 1. The minimum absolute atomic E-state index is 0.0102. The van der Waals surface area contributed by atoms with Gasteiger partial charge in [-0.2, -0.15) is 0 Å². The Kier molecular flexibility index (Phi) is 7.03. The minimum Gasteiger partial charge on any atom is -0.482 e. The van der Waals surface area contributed by atoms with Gasteiger partial charge in [0.05, 0.1) is 11.8 Å². The largest absolute Gasteiger partial charge is 0.482 e. The average Bonchev–Trinajstić information content (AvgIpc) is 3.10. The highest BCUT2D eigenvalue weighted by molar-refractivity contribution is 7.94. The molecule has 0 aliphatic carbocycles. The first-order valence-corrected chi connectivity index (χ1v) is 11.9. The van der Waals surface area contributed by atoms with E-state index in [9.17, 15) is 18.0 Å². The van der Waals surface area contributed by atoms with Gasteiger partial charge in [0, 0.05) is 11.1 Å². The van der Waals surface area contributed by atoms with E-state index in [1.807, 2.05) is 12.1 Å². The van der Waals surface area contributed by atoms with Gasteiger partial charge in [-0.3, -0.25) is 4.79 Å². The summed E-state index contributed by atoms with van der Waals surface area (Å²) < 4.78 is 34.2. The molecule has 2 aromatic carbocycles. The molecule has 0 saturated carbocycles. The highest BCUT2D eigenvalue weighted by Crippen LogP contribution is 2.25. The number of rotatable bonds is 7. The molecule has 1 amide bonds. The quantitative estimate of drug-likeness (QED) is 0.593. The lowest BCUT2D eigenvalue weighted by Crippen LogP contribution is -2.43. The van der Waals surface area contributed by atoms with Crippen molar-refractivity contribution in [2.75, 3.05) is 23.9 Å². The number of sulfone groups is 1. The van der Waals surface area contributed by atoms with Crippen molar-refractivity contribution in [3.05, 3.63) is 71.6 Å². The fraction of sp³-hybridized carbons (Fsp3) is 0.333. The van der Waals surface area contributed by atoms with Crippen LogP contribution in [0.3, 0.4) is 0 Å². The Bertz CT molecular complexity index is 1090. The molecule has 2 aromatic rings. The standard InChI is InChI=1S/C24H27NO6S/c1-24(2,3)18-9-11-21(12-10-18)30-16-23(27)31-15-22(26)25(19-7-5-4-6-8-19)20-13-14-32(28,29)17-20/h4-14,20H,15-17H2,1-3H3/t20-/m1/s1. The van der Waals surface area contributed by atoms with E-state index in [0.717, 1.165) is 11.0 Å². The smallest absolute Gasteiger partial charge is 0.344 e. The minimum atomic E-state index is -3.37. The topological polar surface area (TPSA) is 90.0 Å². The molecule has 0 fully saturated rings. The zero-order valence-electron chi connectivity index (χ0n) is 18.4. The molecule has 32 heavy (non-hydrogen) atoms. The third-order valence-electron chi connectivity index (χ3n) is 4.98. The molecule has 1 aliphatic rings. The van der Waals surface area contributed by atoms with Crippen molar-refractivity contribution >= 4 is 27.4 Å². The Morgan fingerprint density at radius 2 is 1.66 bits per heavy atom. The van der Waals surface area contributed by atoms with Gasteiger partial charge in [-0.25, -0.2) is 13.2 Å². The second kappa shape index (κ2) is 9.56. The number of hydrogen-bond donors (Lipinski definition) is 0. The third kappa shape index (κ3) is 6.20. The van der Waals surface area contributed by atoms with Gasteiger partial charge in [0.1, 0.15) is 5.75 Å². The lowest BCUT2D eigenvalue weighted by Gasteiger charge is -2.27. The molecule has 0 bridgehead atoms. The second-order valence-electron chi connectivity index (χ2n) is 8.55. The van der Waals surface area contributed by atoms with Crippen LogP contribution in [0.25, 0.3) is 0 Å². The summed E-state index contributed by atoms with van der Waals surface area (Å²) in [5.74, 6) is -0.907. The molecule has 3 rings (SSSR count). The van der Waals surface area contributed by atoms with Gasteiger partial charge >= 0.3 is 5.97 Å². The van der Waals surface area contributed by atoms with Crippen LogP contribution in [0.1, 0.15) is 26.3 Å². The molecular weight excluding hydrogens is 430 g/mol. The molecule has 0 N–H and O–H groups in total. The molecule has 1 heterocycles. The monoisotopic (exact) mass is 457 g/mol. The van der Waals surface area contributed by atoms with Gasteiger partial charge < -0.3 is 14.4 Å². The van der Waals surface area contributed by atoms with Crippen molar-refractivity contribution in [1.29, 1.82) is 0 Å². The average molecular weight is 458 g/mol. The van der Waals surface area contributed by atoms with Crippen LogP contribution in [0.4, 0.5) is 5.69 Å². The van der Waals surface area contributed by atoms with Crippen LogP contribution in [0.2, 0.25) is 0 Å². The summed E-state index contributed by atoms with van der Waals surface area (Å²) in [5, 5.41) is 1.10. The first kappa shape index (κ1) is 23.5. The van der Waals surface area contributed by atoms with Crippen molar-refractivity contribution in [1.82, 2.24) is 0 Å². The Hall–Kier alpha value is -3.13. The Morgan fingerprint density at radius 1 is 1.00 bits per heavy atom. The van der Waals surface area contributed by atoms with Crippen LogP contribution < -0.4 is 9.64 Å². The van der Waals surface area contributed by atoms with Crippen LogP contribution >= 0.6 is 0 Å². The van der Waals surface area contributed by atoms with Gasteiger partial charge in [-0.05, 0) is 41.3 Å². The number of carbonyl (C=O) groups excluding carboxylic acids is 2. The van der Waals surface area contributed by atoms with Crippen LogP contribution in [0.15, 0.2) is 66.1 Å². The zero-order valence-corrected chi connectivity index (χ0v) is 19.2. The van der Waals surface area contributed by atoms with Crippen molar-refractivity contribution < 1.29 is 27.5 Å². The molecule has 7 nitrogen and oxygen atoms in total. The number of benzene rings is 2. The number of carbonyl (C=O) groups is 2. The normalized spacial score (nSPS) is 17.0.